The minimum atomic E-state index is -0.0926. The van der Waals surface area contributed by atoms with Gasteiger partial charge in [-0.05, 0) is 32.0 Å². The first-order valence-corrected chi connectivity index (χ1v) is 6.86. The molecule has 1 unspecified atom stereocenters. The number of aromatic nitrogens is 1. The lowest BCUT2D eigenvalue weighted by molar-refractivity contribution is 0.401. The van der Waals surface area contributed by atoms with Crippen molar-refractivity contribution in [1.29, 1.82) is 0 Å². The average Bonchev–Trinajstić information content (AvgIpc) is 2.49. The van der Waals surface area contributed by atoms with E-state index in [9.17, 15) is 0 Å². The molecule has 1 aromatic heterocycles. The number of benzene rings is 1. The standard InChI is InChI=1S/C17H19N3/c1-17(19-2)10-6-9-13-14(17)11-15(20-16(13)18)12-7-4-3-5-8-12/h3-9,11,19H,10H2,1-2H3,(H2,18,20). The van der Waals surface area contributed by atoms with Gasteiger partial charge < -0.3 is 11.1 Å². The summed E-state index contributed by atoms with van der Waals surface area (Å²) in [5, 5.41) is 3.41. The van der Waals surface area contributed by atoms with Crippen molar-refractivity contribution in [3.63, 3.8) is 0 Å². The van der Waals surface area contributed by atoms with Crippen LogP contribution in [0.25, 0.3) is 17.3 Å². The lowest BCUT2D eigenvalue weighted by atomic mass is 9.81. The van der Waals surface area contributed by atoms with Gasteiger partial charge in [-0.2, -0.15) is 0 Å². The summed E-state index contributed by atoms with van der Waals surface area (Å²) in [7, 11) is 1.99. The Morgan fingerprint density at radius 3 is 2.70 bits per heavy atom. The largest absolute Gasteiger partial charge is 0.383 e. The Hall–Kier alpha value is -2.13. The van der Waals surface area contributed by atoms with Crippen LogP contribution in [-0.4, -0.2) is 12.0 Å². The van der Waals surface area contributed by atoms with E-state index in [0.717, 1.165) is 23.2 Å². The molecule has 0 saturated carbocycles. The van der Waals surface area contributed by atoms with E-state index in [1.54, 1.807) is 0 Å². The summed E-state index contributed by atoms with van der Waals surface area (Å²) in [5.41, 5.74) is 10.3. The molecule has 102 valence electrons. The van der Waals surface area contributed by atoms with Crippen molar-refractivity contribution in [2.45, 2.75) is 18.9 Å². The van der Waals surface area contributed by atoms with Gasteiger partial charge in [0, 0.05) is 16.7 Å². The van der Waals surface area contributed by atoms with Crippen molar-refractivity contribution < 1.29 is 0 Å². The molecule has 0 amide bonds. The van der Waals surface area contributed by atoms with Gasteiger partial charge in [-0.3, -0.25) is 0 Å². The van der Waals surface area contributed by atoms with Gasteiger partial charge in [-0.15, -0.1) is 0 Å². The van der Waals surface area contributed by atoms with Gasteiger partial charge in [0.25, 0.3) is 0 Å². The van der Waals surface area contributed by atoms with Gasteiger partial charge in [0.1, 0.15) is 5.82 Å². The third kappa shape index (κ3) is 2.00. The minimum absolute atomic E-state index is 0.0926. The monoisotopic (exact) mass is 265 g/mol. The van der Waals surface area contributed by atoms with E-state index in [4.69, 9.17) is 5.73 Å². The van der Waals surface area contributed by atoms with Gasteiger partial charge in [-0.25, -0.2) is 4.98 Å². The van der Waals surface area contributed by atoms with Crippen molar-refractivity contribution in [3.8, 4) is 11.3 Å². The lowest BCUT2D eigenvalue weighted by Gasteiger charge is -2.33. The normalized spacial score (nSPS) is 20.7. The molecule has 3 heteroatoms. The fourth-order valence-corrected chi connectivity index (χ4v) is 2.72. The molecule has 1 heterocycles. The Bertz CT molecular complexity index is 661. The maximum Gasteiger partial charge on any atom is 0.131 e. The van der Waals surface area contributed by atoms with Crippen LogP contribution in [0.15, 0.2) is 42.5 Å². The number of hydrogen-bond acceptors (Lipinski definition) is 3. The number of nitrogen functional groups attached to an aromatic ring is 1. The zero-order valence-corrected chi connectivity index (χ0v) is 11.9. The molecule has 1 aromatic carbocycles. The van der Waals surface area contributed by atoms with Crippen LogP contribution in [0.3, 0.4) is 0 Å². The summed E-state index contributed by atoms with van der Waals surface area (Å²) < 4.78 is 0. The Morgan fingerprint density at radius 2 is 2.00 bits per heavy atom. The molecular formula is C17H19N3. The van der Waals surface area contributed by atoms with E-state index >= 15 is 0 Å². The second-order valence-electron chi connectivity index (χ2n) is 5.41. The second kappa shape index (κ2) is 4.76. The van der Waals surface area contributed by atoms with Crippen LogP contribution in [0.4, 0.5) is 5.82 Å². The molecule has 0 fully saturated rings. The van der Waals surface area contributed by atoms with E-state index in [0.29, 0.717) is 5.82 Å². The third-order valence-electron chi connectivity index (χ3n) is 4.11. The van der Waals surface area contributed by atoms with Gasteiger partial charge in [0.2, 0.25) is 0 Å². The number of hydrogen-bond donors (Lipinski definition) is 2. The lowest BCUT2D eigenvalue weighted by Crippen LogP contribution is -2.38. The molecule has 2 aromatic rings. The summed E-state index contributed by atoms with van der Waals surface area (Å²) in [4.78, 5) is 4.56. The average molecular weight is 265 g/mol. The predicted octanol–water partition coefficient (Wildman–Crippen LogP) is 3.18. The van der Waals surface area contributed by atoms with E-state index in [2.05, 4.69) is 47.6 Å². The van der Waals surface area contributed by atoms with Crippen molar-refractivity contribution >= 4 is 11.9 Å². The number of anilines is 1. The maximum absolute atomic E-state index is 6.17. The van der Waals surface area contributed by atoms with Crippen LogP contribution < -0.4 is 11.1 Å². The van der Waals surface area contributed by atoms with E-state index in [1.807, 2.05) is 25.2 Å². The molecule has 20 heavy (non-hydrogen) atoms. The Kier molecular flexibility index (Phi) is 3.07. The zero-order valence-electron chi connectivity index (χ0n) is 11.9. The topological polar surface area (TPSA) is 50.9 Å². The Labute approximate surface area is 119 Å². The van der Waals surface area contributed by atoms with Gasteiger partial charge in [0.05, 0.1) is 5.69 Å². The summed E-state index contributed by atoms with van der Waals surface area (Å²) >= 11 is 0. The number of nitrogens with zero attached hydrogens (tertiary/aromatic N) is 1. The molecule has 0 saturated heterocycles. The van der Waals surface area contributed by atoms with E-state index in [-0.39, 0.29) is 5.54 Å². The van der Waals surface area contributed by atoms with Crippen LogP contribution in [0, 0.1) is 0 Å². The van der Waals surface area contributed by atoms with E-state index < -0.39 is 0 Å². The summed E-state index contributed by atoms with van der Waals surface area (Å²) in [6.07, 6.45) is 5.18. The quantitative estimate of drug-likeness (QED) is 0.876. The van der Waals surface area contributed by atoms with Crippen LogP contribution >= 0.6 is 0 Å². The maximum atomic E-state index is 6.17. The number of pyridine rings is 1. The molecule has 0 aliphatic heterocycles. The summed E-state index contributed by atoms with van der Waals surface area (Å²) in [6, 6.07) is 12.3. The zero-order chi connectivity index (χ0) is 14.2. The van der Waals surface area contributed by atoms with Crippen LogP contribution in [0.2, 0.25) is 0 Å². The minimum Gasteiger partial charge on any atom is -0.383 e. The third-order valence-corrected chi connectivity index (χ3v) is 4.11. The highest BCUT2D eigenvalue weighted by Crippen LogP contribution is 2.37. The first kappa shape index (κ1) is 12.9. The van der Waals surface area contributed by atoms with Crippen molar-refractivity contribution in [2.24, 2.45) is 0 Å². The number of rotatable bonds is 2. The molecule has 3 nitrogen and oxygen atoms in total. The van der Waals surface area contributed by atoms with Crippen molar-refractivity contribution in [3.05, 3.63) is 53.6 Å². The van der Waals surface area contributed by atoms with E-state index in [1.165, 1.54) is 5.56 Å². The predicted molar refractivity (Wildman–Crippen MR) is 84.1 cm³/mol. The Balaban J connectivity index is 2.21. The fourth-order valence-electron chi connectivity index (χ4n) is 2.72. The molecule has 1 aliphatic rings. The molecule has 0 spiro atoms. The molecule has 3 N–H and O–H groups in total. The molecular weight excluding hydrogens is 246 g/mol. The fraction of sp³-hybridized carbons (Fsp3) is 0.235. The molecule has 0 bridgehead atoms. The number of nitrogens with one attached hydrogen (secondary N) is 1. The Morgan fingerprint density at radius 1 is 1.25 bits per heavy atom. The first-order valence-electron chi connectivity index (χ1n) is 6.86. The SMILES string of the molecule is CNC1(C)CC=Cc2c1cc(-c1ccccc1)nc2N. The highest BCUT2D eigenvalue weighted by molar-refractivity contribution is 5.73. The van der Waals surface area contributed by atoms with Crippen LogP contribution in [-0.2, 0) is 5.54 Å². The van der Waals surface area contributed by atoms with Crippen LogP contribution in [0.1, 0.15) is 24.5 Å². The molecule has 0 radical (unpaired) electrons. The van der Waals surface area contributed by atoms with Gasteiger partial charge in [0.15, 0.2) is 0 Å². The first-order chi connectivity index (χ1) is 9.64. The van der Waals surface area contributed by atoms with Gasteiger partial charge >= 0.3 is 0 Å². The van der Waals surface area contributed by atoms with Crippen molar-refractivity contribution in [1.82, 2.24) is 10.3 Å². The van der Waals surface area contributed by atoms with Crippen LogP contribution in [0.5, 0.6) is 0 Å². The highest BCUT2D eigenvalue weighted by Gasteiger charge is 2.30. The molecule has 1 aliphatic carbocycles. The summed E-state index contributed by atoms with van der Waals surface area (Å²) in [6.45, 7) is 2.20. The second-order valence-corrected chi connectivity index (χ2v) is 5.41. The van der Waals surface area contributed by atoms with Gasteiger partial charge in [-0.1, -0.05) is 42.5 Å². The summed E-state index contributed by atoms with van der Waals surface area (Å²) in [5.74, 6) is 0.596. The smallest absolute Gasteiger partial charge is 0.131 e. The molecule has 3 rings (SSSR count). The number of fused-ring (bicyclic) bond motifs is 1. The van der Waals surface area contributed by atoms with Crippen molar-refractivity contribution in [2.75, 3.05) is 12.8 Å². The molecule has 1 atom stereocenters. The number of nitrogens with two attached hydrogens (primary N) is 1. The highest BCUT2D eigenvalue weighted by atomic mass is 14.9.